The lowest BCUT2D eigenvalue weighted by Gasteiger charge is -2.22. The van der Waals surface area contributed by atoms with Gasteiger partial charge >= 0.3 is 6.03 Å². The molecular formula is C18H16FN3O4. The number of hydrogen-bond donors (Lipinski definition) is 1. The molecule has 0 aliphatic carbocycles. The zero-order valence-electron chi connectivity index (χ0n) is 14.2. The Bertz CT molecular complexity index is 913. The maximum atomic E-state index is 13.1. The van der Waals surface area contributed by atoms with Crippen LogP contribution in [0.2, 0.25) is 0 Å². The Hall–Kier alpha value is -3.29. The SMILES string of the molecule is Cc1c(CN2C(=O)NC(C)(c3ccc(F)cc3)C2=O)cccc1[N+](=O)[O-]. The van der Waals surface area contributed by atoms with Gasteiger partial charge in [0.1, 0.15) is 11.4 Å². The van der Waals surface area contributed by atoms with Crippen LogP contribution in [0, 0.1) is 22.9 Å². The van der Waals surface area contributed by atoms with Crippen molar-refractivity contribution in [2.24, 2.45) is 0 Å². The van der Waals surface area contributed by atoms with Gasteiger partial charge in [-0.05, 0) is 37.1 Å². The minimum Gasteiger partial charge on any atom is -0.319 e. The summed E-state index contributed by atoms with van der Waals surface area (Å²) >= 11 is 0. The van der Waals surface area contributed by atoms with Gasteiger partial charge < -0.3 is 5.32 Å². The van der Waals surface area contributed by atoms with Gasteiger partial charge in [0.05, 0.1) is 11.5 Å². The second-order valence-electron chi connectivity index (χ2n) is 6.27. The van der Waals surface area contributed by atoms with Crippen LogP contribution in [0.25, 0.3) is 0 Å². The van der Waals surface area contributed by atoms with Crippen molar-refractivity contribution in [3.63, 3.8) is 0 Å². The van der Waals surface area contributed by atoms with E-state index in [0.717, 1.165) is 4.90 Å². The number of nitro benzene ring substituents is 1. The molecule has 0 bridgehead atoms. The highest BCUT2D eigenvalue weighted by Gasteiger charge is 2.49. The molecule has 1 saturated heterocycles. The molecule has 0 spiro atoms. The predicted molar refractivity (Wildman–Crippen MR) is 90.7 cm³/mol. The van der Waals surface area contributed by atoms with E-state index in [0.29, 0.717) is 16.7 Å². The number of carbonyl (C=O) groups excluding carboxylic acids is 2. The molecule has 7 nitrogen and oxygen atoms in total. The number of rotatable bonds is 4. The first-order chi connectivity index (χ1) is 12.2. The van der Waals surface area contributed by atoms with Gasteiger partial charge in [-0.3, -0.25) is 19.8 Å². The van der Waals surface area contributed by atoms with Gasteiger partial charge in [-0.25, -0.2) is 9.18 Å². The summed E-state index contributed by atoms with van der Waals surface area (Å²) in [5.74, 6) is -0.946. The highest BCUT2D eigenvalue weighted by molar-refractivity contribution is 6.07. The Morgan fingerprint density at radius 3 is 2.46 bits per heavy atom. The summed E-state index contributed by atoms with van der Waals surface area (Å²) in [5, 5.41) is 13.7. The van der Waals surface area contributed by atoms with Crippen LogP contribution in [0.15, 0.2) is 42.5 Å². The van der Waals surface area contributed by atoms with E-state index >= 15 is 0 Å². The van der Waals surface area contributed by atoms with Crippen LogP contribution in [0.4, 0.5) is 14.9 Å². The molecule has 8 heteroatoms. The predicted octanol–water partition coefficient (Wildman–Crippen LogP) is 3.01. The molecule has 1 N–H and O–H groups in total. The van der Waals surface area contributed by atoms with Crippen molar-refractivity contribution in [3.05, 3.63) is 75.1 Å². The van der Waals surface area contributed by atoms with E-state index in [2.05, 4.69) is 5.32 Å². The first kappa shape index (κ1) is 17.5. The lowest BCUT2D eigenvalue weighted by molar-refractivity contribution is -0.385. The Labute approximate surface area is 148 Å². The highest BCUT2D eigenvalue weighted by atomic mass is 19.1. The summed E-state index contributed by atoms with van der Waals surface area (Å²) in [4.78, 5) is 36.8. The minimum absolute atomic E-state index is 0.0733. The molecule has 2 aromatic carbocycles. The third kappa shape index (κ3) is 2.79. The van der Waals surface area contributed by atoms with Crippen molar-refractivity contribution in [3.8, 4) is 0 Å². The summed E-state index contributed by atoms with van der Waals surface area (Å²) < 4.78 is 13.1. The molecule has 1 heterocycles. The number of urea groups is 1. The second kappa shape index (κ2) is 6.21. The minimum atomic E-state index is -1.32. The van der Waals surface area contributed by atoms with E-state index in [1.807, 2.05) is 0 Å². The number of amides is 3. The van der Waals surface area contributed by atoms with Gasteiger partial charge in [0.25, 0.3) is 11.6 Å². The van der Waals surface area contributed by atoms with Gasteiger partial charge in [-0.1, -0.05) is 24.3 Å². The van der Waals surface area contributed by atoms with Crippen molar-refractivity contribution < 1.29 is 18.9 Å². The van der Waals surface area contributed by atoms with E-state index in [9.17, 15) is 24.1 Å². The quantitative estimate of drug-likeness (QED) is 0.517. The van der Waals surface area contributed by atoms with Gasteiger partial charge in [0, 0.05) is 11.6 Å². The smallest absolute Gasteiger partial charge is 0.319 e. The van der Waals surface area contributed by atoms with E-state index < -0.39 is 28.2 Å². The number of benzene rings is 2. The zero-order chi connectivity index (χ0) is 19.1. The summed E-state index contributed by atoms with van der Waals surface area (Å²) in [7, 11) is 0. The molecule has 0 radical (unpaired) electrons. The van der Waals surface area contributed by atoms with Gasteiger partial charge in [0.15, 0.2) is 0 Å². The fourth-order valence-electron chi connectivity index (χ4n) is 3.03. The molecule has 1 atom stereocenters. The fraction of sp³-hybridized carbons (Fsp3) is 0.222. The van der Waals surface area contributed by atoms with Crippen molar-refractivity contribution >= 4 is 17.6 Å². The van der Waals surface area contributed by atoms with Crippen LogP contribution in [-0.2, 0) is 16.9 Å². The van der Waals surface area contributed by atoms with Crippen molar-refractivity contribution in [2.45, 2.75) is 25.9 Å². The summed E-state index contributed by atoms with van der Waals surface area (Å²) in [5.41, 5.74) is -0.0368. The Kier molecular flexibility index (Phi) is 4.19. The summed E-state index contributed by atoms with van der Waals surface area (Å²) in [6.07, 6.45) is 0. The van der Waals surface area contributed by atoms with E-state index in [1.54, 1.807) is 19.9 Å². The molecule has 0 saturated carbocycles. The summed E-state index contributed by atoms with van der Waals surface area (Å²) in [6.45, 7) is 3.03. The Morgan fingerprint density at radius 1 is 1.19 bits per heavy atom. The first-order valence-electron chi connectivity index (χ1n) is 7.87. The molecule has 2 aromatic rings. The van der Waals surface area contributed by atoms with Crippen LogP contribution < -0.4 is 5.32 Å². The van der Waals surface area contributed by atoms with Crippen LogP contribution in [0.5, 0.6) is 0 Å². The number of carbonyl (C=O) groups is 2. The number of nitrogens with one attached hydrogen (secondary N) is 1. The number of nitrogens with zero attached hydrogens (tertiary/aromatic N) is 2. The lowest BCUT2D eigenvalue weighted by atomic mass is 9.92. The average molecular weight is 357 g/mol. The Morgan fingerprint density at radius 2 is 1.85 bits per heavy atom. The van der Waals surface area contributed by atoms with Crippen molar-refractivity contribution in [2.75, 3.05) is 0 Å². The molecule has 1 unspecified atom stereocenters. The highest BCUT2D eigenvalue weighted by Crippen LogP contribution is 2.31. The zero-order valence-corrected chi connectivity index (χ0v) is 14.2. The summed E-state index contributed by atoms with van der Waals surface area (Å²) in [6, 6.07) is 9.22. The van der Waals surface area contributed by atoms with Crippen LogP contribution in [0.1, 0.15) is 23.6 Å². The monoisotopic (exact) mass is 357 g/mol. The number of nitro groups is 1. The van der Waals surface area contributed by atoms with Gasteiger partial charge in [-0.15, -0.1) is 0 Å². The maximum Gasteiger partial charge on any atom is 0.325 e. The van der Waals surface area contributed by atoms with Crippen molar-refractivity contribution in [1.29, 1.82) is 0 Å². The Balaban J connectivity index is 1.92. The molecule has 0 aromatic heterocycles. The molecule has 1 aliphatic rings. The van der Waals surface area contributed by atoms with Gasteiger partial charge in [0.2, 0.25) is 0 Å². The standard InChI is InChI=1S/C18H16FN3O4/c1-11-12(4-3-5-15(11)22(25)26)10-21-16(23)18(2,20-17(21)24)13-6-8-14(19)9-7-13/h3-9H,10H2,1-2H3,(H,20,24). The fourth-order valence-corrected chi connectivity index (χ4v) is 3.03. The molecular weight excluding hydrogens is 341 g/mol. The van der Waals surface area contributed by atoms with Crippen LogP contribution in [0.3, 0.4) is 0 Å². The van der Waals surface area contributed by atoms with E-state index in [-0.39, 0.29) is 12.2 Å². The number of imide groups is 1. The molecule has 26 heavy (non-hydrogen) atoms. The van der Waals surface area contributed by atoms with Crippen LogP contribution >= 0.6 is 0 Å². The normalized spacial score (nSPS) is 19.6. The van der Waals surface area contributed by atoms with Crippen LogP contribution in [-0.4, -0.2) is 21.8 Å². The van der Waals surface area contributed by atoms with E-state index in [1.165, 1.54) is 36.4 Å². The third-order valence-corrected chi connectivity index (χ3v) is 4.64. The number of hydrogen-bond acceptors (Lipinski definition) is 4. The second-order valence-corrected chi connectivity index (χ2v) is 6.27. The topological polar surface area (TPSA) is 92.6 Å². The van der Waals surface area contributed by atoms with E-state index in [4.69, 9.17) is 0 Å². The van der Waals surface area contributed by atoms with Crippen molar-refractivity contribution in [1.82, 2.24) is 10.2 Å². The molecule has 3 amide bonds. The average Bonchev–Trinajstić information content (AvgIpc) is 2.81. The first-order valence-corrected chi connectivity index (χ1v) is 7.87. The third-order valence-electron chi connectivity index (χ3n) is 4.64. The largest absolute Gasteiger partial charge is 0.325 e. The lowest BCUT2D eigenvalue weighted by Crippen LogP contribution is -2.40. The molecule has 134 valence electrons. The number of halogens is 1. The maximum absolute atomic E-state index is 13.1. The van der Waals surface area contributed by atoms with Gasteiger partial charge in [-0.2, -0.15) is 0 Å². The molecule has 1 aliphatic heterocycles. The molecule has 1 fully saturated rings. The molecule has 3 rings (SSSR count).